The van der Waals surface area contributed by atoms with Crippen molar-refractivity contribution in [2.45, 2.75) is 0 Å². The standard InChI is InChI=1S/C22H14N4S.ClH/c23-12-16-13-25-22-18(11-20(27-22)15-4-2-1-3-5-15)21(16)26-17-7-6-14-8-9-24-19(14)10-17;/h1-11,13,24H,(H,25,26);1H. The second-order valence-corrected chi connectivity index (χ2v) is 7.29. The van der Waals surface area contributed by atoms with Gasteiger partial charge in [0.25, 0.3) is 0 Å². The molecule has 0 aliphatic rings. The topological polar surface area (TPSA) is 64.5 Å². The van der Waals surface area contributed by atoms with E-state index in [1.165, 1.54) is 0 Å². The summed E-state index contributed by atoms with van der Waals surface area (Å²) < 4.78 is 0. The van der Waals surface area contributed by atoms with Gasteiger partial charge in [-0.3, -0.25) is 0 Å². The van der Waals surface area contributed by atoms with Crippen molar-refractivity contribution in [1.29, 1.82) is 5.26 Å². The van der Waals surface area contributed by atoms with Gasteiger partial charge in [-0.1, -0.05) is 36.4 Å². The van der Waals surface area contributed by atoms with E-state index < -0.39 is 0 Å². The maximum absolute atomic E-state index is 9.59. The molecule has 0 fully saturated rings. The lowest BCUT2D eigenvalue weighted by Gasteiger charge is -2.09. The molecule has 4 nitrogen and oxygen atoms in total. The molecular formula is C22H15ClN4S. The average molecular weight is 403 g/mol. The number of nitrogens with one attached hydrogen (secondary N) is 2. The van der Waals surface area contributed by atoms with E-state index in [2.05, 4.69) is 45.6 Å². The van der Waals surface area contributed by atoms with E-state index in [-0.39, 0.29) is 12.4 Å². The Balaban J connectivity index is 0.00000192. The van der Waals surface area contributed by atoms with E-state index in [0.717, 1.165) is 42.9 Å². The summed E-state index contributed by atoms with van der Waals surface area (Å²) in [7, 11) is 0. The molecule has 0 aliphatic carbocycles. The third kappa shape index (κ3) is 3.09. The number of anilines is 2. The van der Waals surface area contributed by atoms with E-state index in [4.69, 9.17) is 0 Å². The number of nitrogens with zero attached hydrogens (tertiary/aromatic N) is 2. The van der Waals surface area contributed by atoms with Crippen LogP contribution in [0.5, 0.6) is 0 Å². The number of H-pyrrole nitrogens is 1. The van der Waals surface area contributed by atoms with Crippen LogP contribution in [0.4, 0.5) is 11.4 Å². The van der Waals surface area contributed by atoms with E-state index in [9.17, 15) is 5.26 Å². The van der Waals surface area contributed by atoms with Crippen LogP contribution in [-0.2, 0) is 0 Å². The summed E-state index contributed by atoms with van der Waals surface area (Å²) >= 11 is 1.63. The summed E-state index contributed by atoms with van der Waals surface area (Å²) in [5.74, 6) is 0. The summed E-state index contributed by atoms with van der Waals surface area (Å²) in [5.41, 5.74) is 4.47. The Morgan fingerprint density at radius 1 is 1.04 bits per heavy atom. The Morgan fingerprint density at radius 2 is 1.89 bits per heavy atom. The van der Waals surface area contributed by atoms with Gasteiger partial charge in [-0.15, -0.1) is 23.7 Å². The number of hydrogen-bond acceptors (Lipinski definition) is 4. The first-order valence-electron chi connectivity index (χ1n) is 8.54. The molecule has 5 aromatic rings. The molecule has 6 heteroatoms. The number of benzene rings is 2. The van der Waals surface area contributed by atoms with E-state index in [1.54, 1.807) is 17.5 Å². The van der Waals surface area contributed by atoms with Crippen LogP contribution in [0.25, 0.3) is 31.6 Å². The third-order valence-corrected chi connectivity index (χ3v) is 5.66. The quantitative estimate of drug-likeness (QED) is 0.363. The highest BCUT2D eigenvalue weighted by Crippen LogP contribution is 2.38. The van der Waals surface area contributed by atoms with Crippen molar-refractivity contribution in [3.05, 3.63) is 78.6 Å². The molecule has 28 heavy (non-hydrogen) atoms. The fourth-order valence-electron chi connectivity index (χ4n) is 3.22. The smallest absolute Gasteiger partial charge is 0.126 e. The molecular weight excluding hydrogens is 388 g/mol. The molecule has 0 saturated carbocycles. The minimum atomic E-state index is 0. The minimum Gasteiger partial charge on any atom is -0.361 e. The van der Waals surface area contributed by atoms with Gasteiger partial charge in [0.15, 0.2) is 0 Å². The fraction of sp³-hybridized carbons (Fsp3) is 0. The second-order valence-electron chi connectivity index (χ2n) is 6.26. The minimum absolute atomic E-state index is 0. The summed E-state index contributed by atoms with van der Waals surface area (Å²) in [4.78, 5) is 9.76. The number of halogens is 1. The molecule has 136 valence electrons. The highest BCUT2D eigenvalue weighted by atomic mass is 35.5. The monoisotopic (exact) mass is 402 g/mol. The molecule has 3 aromatic heterocycles. The Bertz CT molecular complexity index is 1320. The second kappa shape index (κ2) is 7.35. The highest BCUT2D eigenvalue weighted by molar-refractivity contribution is 7.21. The first-order chi connectivity index (χ1) is 13.3. The van der Waals surface area contributed by atoms with Crippen LogP contribution in [0.1, 0.15) is 5.56 Å². The number of aromatic amines is 1. The van der Waals surface area contributed by atoms with Crippen LogP contribution < -0.4 is 5.32 Å². The lowest BCUT2D eigenvalue weighted by Crippen LogP contribution is -1.95. The Hall–Kier alpha value is -3.33. The zero-order valence-electron chi connectivity index (χ0n) is 14.6. The maximum atomic E-state index is 9.59. The van der Waals surface area contributed by atoms with Crippen LogP contribution in [-0.4, -0.2) is 9.97 Å². The SMILES string of the molecule is Cl.N#Cc1cnc2sc(-c3ccccc3)cc2c1Nc1ccc2cc[nH]c2c1. The molecule has 0 radical (unpaired) electrons. The van der Waals surface area contributed by atoms with Crippen molar-refractivity contribution in [3.63, 3.8) is 0 Å². The van der Waals surface area contributed by atoms with Crippen molar-refractivity contribution in [1.82, 2.24) is 9.97 Å². The predicted octanol–water partition coefficient (Wildman–Crippen LogP) is 6.48. The van der Waals surface area contributed by atoms with Crippen LogP contribution >= 0.6 is 23.7 Å². The fourth-order valence-corrected chi connectivity index (χ4v) is 4.24. The summed E-state index contributed by atoms with van der Waals surface area (Å²) in [5, 5.41) is 15.1. The normalized spacial score (nSPS) is 10.5. The lowest BCUT2D eigenvalue weighted by atomic mass is 10.1. The predicted molar refractivity (Wildman–Crippen MR) is 119 cm³/mol. The van der Waals surface area contributed by atoms with Crippen molar-refractivity contribution in [2.75, 3.05) is 5.32 Å². The number of aromatic nitrogens is 2. The van der Waals surface area contributed by atoms with Crippen molar-refractivity contribution < 1.29 is 0 Å². The molecule has 5 rings (SSSR count). The van der Waals surface area contributed by atoms with Crippen LogP contribution in [0.3, 0.4) is 0 Å². The first kappa shape index (κ1) is 18.1. The van der Waals surface area contributed by atoms with Gasteiger partial charge in [-0.25, -0.2) is 4.98 Å². The zero-order valence-corrected chi connectivity index (χ0v) is 16.3. The molecule has 0 unspecified atom stereocenters. The van der Waals surface area contributed by atoms with Crippen molar-refractivity contribution in [2.24, 2.45) is 0 Å². The van der Waals surface area contributed by atoms with Gasteiger partial charge >= 0.3 is 0 Å². The molecule has 0 spiro atoms. The van der Waals surface area contributed by atoms with Gasteiger partial charge < -0.3 is 10.3 Å². The number of rotatable bonds is 3. The number of nitriles is 1. The Labute approximate surface area is 171 Å². The summed E-state index contributed by atoms with van der Waals surface area (Å²) in [6, 6.07) is 22.8. The van der Waals surface area contributed by atoms with Gasteiger partial charge in [-0.05, 0) is 35.2 Å². The van der Waals surface area contributed by atoms with Gasteiger partial charge in [0.1, 0.15) is 10.9 Å². The van der Waals surface area contributed by atoms with Crippen LogP contribution in [0.2, 0.25) is 0 Å². The number of thiophene rings is 1. The van der Waals surface area contributed by atoms with E-state index >= 15 is 0 Å². The molecule has 0 bridgehead atoms. The Kier molecular flexibility index (Phi) is 4.74. The van der Waals surface area contributed by atoms with Crippen molar-refractivity contribution in [3.8, 4) is 16.5 Å². The van der Waals surface area contributed by atoms with Gasteiger partial charge in [0.2, 0.25) is 0 Å². The maximum Gasteiger partial charge on any atom is 0.126 e. The summed E-state index contributed by atoms with van der Waals surface area (Å²) in [6.45, 7) is 0. The van der Waals surface area contributed by atoms with E-state index in [1.807, 2.05) is 42.6 Å². The number of hydrogen-bond donors (Lipinski definition) is 2. The molecule has 2 N–H and O–H groups in total. The molecule has 0 amide bonds. The van der Waals surface area contributed by atoms with Crippen LogP contribution in [0, 0.1) is 11.3 Å². The largest absolute Gasteiger partial charge is 0.361 e. The molecule has 3 heterocycles. The number of pyridine rings is 1. The Morgan fingerprint density at radius 3 is 2.71 bits per heavy atom. The third-order valence-electron chi connectivity index (χ3n) is 4.57. The first-order valence-corrected chi connectivity index (χ1v) is 9.36. The van der Waals surface area contributed by atoms with Gasteiger partial charge in [-0.2, -0.15) is 5.26 Å². The molecule has 0 atom stereocenters. The lowest BCUT2D eigenvalue weighted by molar-refractivity contribution is 1.38. The van der Waals surface area contributed by atoms with Crippen molar-refractivity contribution >= 4 is 56.2 Å². The highest BCUT2D eigenvalue weighted by Gasteiger charge is 2.14. The molecule has 2 aromatic carbocycles. The molecule has 0 saturated heterocycles. The summed E-state index contributed by atoms with van der Waals surface area (Å²) in [6.07, 6.45) is 3.56. The van der Waals surface area contributed by atoms with E-state index in [0.29, 0.717) is 5.56 Å². The zero-order chi connectivity index (χ0) is 18.2. The van der Waals surface area contributed by atoms with Crippen LogP contribution in [0.15, 0.2) is 73.1 Å². The van der Waals surface area contributed by atoms with Gasteiger partial charge in [0, 0.05) is 33.9 Å². The average Bonchev–Trinajstić information content (AvgIpc) is 3.35. The molecule has 0 aliphatic heterocycles. The number of fused-ring (bicyclic) bond motifs is 2. The van der Waals surface area contributed by atoms with Gasteiger partial charge in [0.05, 0.1) is 11.3 Å².